The number of allylic oxidation sites excluding steroid dienone is 1. The quantitative estimate of drug-likeness (QED) is 0.209. The molecule has 1 aromatic carbocycles. The first-order chi connectivity index (χ1) is 26.5. The van der Waals surface area contributed by atoms with Gasteiger partial charge in [-0.1, -0.05) is 45.0 Å². The molecule has 0 spiro atoms. The number of aromatic nitrogens is 2. The van der Waals surface area contributed by atoms with Crippen LogP contribution in [0.3, 0.4) is 0 Å². The average Bonchev–Trinajstić information content (AvgIpc) is 4.06. The number of nitrogens with zero attached hydrogens (tertiary/aromatic N) is 4. The molecule has 2 bridgehead atoms. The van der Waals surface area contributed by atoms with E-state index in [1.54, 1.807) is 0 Å². The Labute approximate surface area is 326 Å². The van der Waals surface area contributed by atoms with Crippen LogP contribution in [-0.4, -0.2) is 95.0 Å². The molecule has 3 aliphatic carbocycles. The molecule has 0 radical (unpaired) electrons. The van der Waals surface area contributed by atoms with E-state index in [2.05, 4.69) is 64.8 Å². The largest absolute Gasteiger partial charge is 0.453 e. The highest BCUT2D eigenvalue weighted by Gasteiger charge is 2.51. The van der Waals surface area contributed by atoms with Crippen LogP contribution in [0.15, 0.2) is 41.7 Å². The minimum Gasteiger partial charge on any atom is -0.453 e. The average molecular weight is 756 g/mol. The Balaban J connectivity index is 0.960. The van der Waals surface area contributed by atoms with E-state index >= 15 is 0 Å². The van der Waals surface area contributed by atoms with Gasteiger partial charge >= 0.3 is 12.2 Å². The number of alkyl carbamates (subject to hydrolysis) is 2. The van der Waals surface area contributed by atoms with Gasteiger partial charge in [-0.25, -0.2) is 14.6 Å². The van der Waals surface area contributed by atoms with Gasteiger partial charge in [0.05, 0.1) is 26.3 Å². The Bertz CT molecular complexity index is 1760. The van der Waals surface area contributed by atoms with Gasteiger partial charge in [0.25, 0.3) is 0 Å². The second-order valence-corrected chi connectivity index (χ2v) is 17.1. The number of H-pyrrole nitrogens is 1. The molecule has 2 aromatic rings. The molecule has 3 aliphatic heterocycles. The summed E-state index contributed by atoms with van der Waals surface area (Å²) in [5.41, 5.74) is 6.52. The summed E-state index contributed by atoms with van der Waals surface area (Å²) >= 11 is 0. The zero-order valence-corrected chi connectivity index (χ0v) is 33.7. The summed E-state index contributed by atoms with van der Waals surface area (Å²) < 4.78 is 9.69. The van der Waals surface area contributed by atoms with E-state index in [1.807, 2.05) is 24.9 Å². The molecule has 55 heavy (non-hydrogen) atoms. The molecule has 8 rings (SSSR count). The summed E-state index contributed by atoms with van der Waals surface area (Å²) in [6.07, 6.45) is 15.7. The fraction of sp³-hybridized carbons (Fsp3) is 0.651. The smallest absolute Gasteiger partial charge is 0.407 e. The van der Waals surface area contributed by atoms with Gasteiger partial charge in [0.2, 0.25) is 5.91 Å². The maximum absolute atomic E-state index is 13.6. The van der Waals surface area contributed by atoms with Crippen LogP contribution in [0.2, 0.25) is 0 Å². The molecule has 1 unspecified atom stereocenters. The van der Waals surface area contributed by atoms with Gasteiger partial charge in [0.15, 0.2) is 0 Å². The number of fused-ring (bicyclic) bond motifs is 3. The first kappa shape index (κ1) is 39.1. The number of rotatable bonds is 12. The summed E-state index contributed by atoms with van der Waals surface area (Å²) in [5.74, 6) is 0.937. The molecule has 298 valence electrons. The lowest BCUT2D eigenvalue weighted by atomic mass is 9.51. The van der Waals surface area contributed by atoms with Crippen molar-refractivity contribution in [2.75, 3.05) is 27.3 Å². The molecule has 1 aromatic heterocycles. The Hall–Kier alpha value is -4.19. The second kappa shape index (κ2) is 16.1. The van der Waals surface area contributed by atoms with E-state index in [4.69, 9.17) is 19.5 Å². The highest BCUT2D eigenvalue weighted by atomic mass is 16.5. The molecule has 3 saturated carbocycles. The number of methoxy groups -OCH3 is 2. The molecule has 2 saturated heterocycles. The highest BCUT2D eigenvalue weighted by molar-refractivity contribution is 6.03. The maximum Gasteiger partial charge on any atom is 0.407 e. The first-order valence-electron chi connectivity index (χ1n) is 20.7. The van der Waals surface area contributed by atoms with Crippen LogP contribution < -0.4 is 10.6 Å². The van der Waals surface area contributed by atoms with Crippen molar-refractivity contribution >= 4 is 29.4 Å². The van der Waals surface area contributed by atoms with Crippen LogP contribution in [-0.2, 0) is 25.1 Å². The fourth-order valence-electron chi connectivity index (χ4n) is 10.5. The lowest BCUT2D eigenvalue weighted by Crippen LogP contribution is -2.53. The number of benzene rings is 1. The number of nitrogens with one attached hydrogen (secondary N) is 3. The number of aliphatic imine (C=N–C) groups is 1. The number of ether oxygens (including phenoxy) is 2. The summed E-state index contributed by atoms with van der Waals surface area (Å²) in [7, 11) is 2.74. The van der Waals surface area contributed by atoms with Crippen molar-refractivity contribution in [3.8, 4) is 0 Å². The molecule has 3 amide bonds. The van der Waals surface area contributed by atoms with Crippen molar-refractivity contribution in [1.82, 2.24) is 30.4 Å². The Morgan fingerprint density at radius 2 is 1.53 bits per heavy atom. The van der Waals surface area contributed by atoms with E-state index < -0.39 is 12.1 Å². The minimum absolute atomic E-state index is 0.0163. The van der Waals surface area contributed by atoms with E-state index in [9.17, 15) is 14.4 Å². The number of hydrogen-bond donors (Lipinski definition) is 3. The number of imidazole rings is 1. The standard InChI is InChI=1S/C43H61N7O5/c1-7-32(46-40(52)54-5)28(4)49-22-9-11-35(49)38-45-26-36(47-38)43-19-16-42(17-20-43,18-21-43)31-14-12-29(13-15-31)30-24-33(44-25-30)34-10-8-23-50(34)39(51)37(27(2)3)48-41(53)55-6/h12-15,25-28,32,34-35,37H,7-11,16-24H2,1-6H3,(H,45,47)(H,46,52)(H,48,53)/t28?,32-,34-,35-,37-,42?,43?/m0/s1. The number of hydrogen-bond acceptors (Lipinski definition) is 8. The van der Waals surface area contributed by atoms with Crippen LogP contribution in [0, 0.1) is 5.92 Å². The van der Waals surface area contributed by atoms with Crippen molar-refractivity contribution in [1.29, 1.82) is 0 Å². The van der Waals surface area contributed by atoms with Crippen LogP contribution in [0.25, 0.3) is 5.57 Å². The molecule has 4 heterocycles. The van der Waals surface area contributed by atoms with E-state index in [1.165, 1.54) is 55.9 Å². The van der Waals surface area contributed by atoms with Crippen LogP contribution in [0.4, 0.5) is 9.59 Å². The van der Waals surface area contributed by atoms with Gasteiger partial charge < -0.3 is 30.0 Å². The van der Waals surface area contributed by atoms with Crippen molar-refractivity contribution in [3.05, 3.63) is 59.3 Å². The Morgan fingerprint density at radius 1 is 0.891 bits per heavy atom. The minimum atomic E-state index is -0.633. The van der Waals surface area contributed by atoms with Gasteiger partial charge in [0.1, 0.15) is 11.9 Å². The van der Waals surface area contributed by atoms with Crippen LogP contribution >= 0.6 is 0 Å². The van der Waals surface area contributed by atoms with Crippen LogP contribution in [0.5, 0.6) is 0 Å². The number of carbonyl (C=O) groups is 3. The maximum atomic E-state index is 13.6. The third kappa shape index (κ3) is 7.55. The molecule has 5 atom stereocenters. The molecule has 5 fully saturated rings. The fourth-order valence-corrected chi connectivity index (χ4v) is 10.5. The van der Waals surface area contributed by atoms with E-state index in [-0.39, 0.29) is 52.9 Å². The van der Waals surface area contributed by atoms with Crippen molar-refractivity contribution < 1.29 is 23.9 Å². The second-order valence-electron chi connectivity index (χ2n) is 17.1. The van der Waals surface area contributed by atoms with Gasteiger partial charge in [-0.15, -0.1) is 0 Å². The summed E-state index contributed by atoms with van der Waals surface area (Å²) in [6, 6.07) is 8.98. The molecule has 12 heteroatoms. The normalized spacial score (nSPS) is 28.1. The van der Waals surface area contributed by atoms with E-state index in [0.717, 1.165) is 75.9 Å². The van der Waals surface area contributed by atoms with E-state index in [0.29, 0.717) is 6.54 Å². The van der Waals surface area contributed by atoms with Gasteiger partial charge in [-0.2, -0.15) is 0 Å². The van der Waals surface area contributed by atoms with Crippen molar-refractivity contribution in [2.24, 2.45) is 10.9 Å². The number of aromatic amines is 1. The Kier molecular flexibility index (Phi) is 11.4. The zero-order chi connectivity index (χ0) is 38.9. The predicted octanol–water partition coefficient (Wildman–Crippen LogP) is 7.17. The molecule has 12 nitrogen and oxygen atoms in total. The SMILES string of the molecule is CC[C@H](NC(=O)OC)C(C)N1CCC[C@H]1c1ncc(C23CCC(c4ccc(C5=CN=C([C@@H]6CCCN6C(=O)[C@@H](NC(=O)OC)C(C)C)C5)cc4)(CC2)CC3)[nH]1. The number of amides is 3. The van der Waals surface area contributed by atoms with Crippen LogP contribution in [0.1, 0.15) is 133 Å². The van der Waals surface area contributed by atoms with Crippen molar-refractivity contribution in [3.63, 3.8) is 0 Å². The van der Waals surface area contributed by atoms with Gasteiger partial charge in [-0.3, -0.25) is 14.7 Å². The molecule has 6 aliphatic rings. The monoisotopic (exact) mass is 755 g/mol. The summed E-state index contributed by atoms with van der Waals surface area (Å²) in [5, 5.41) is 5.78. The predicted molar refractivity (Wildman–Crippen MR) is 213 cm³/mol. The zero-order valence-electron chi connectivity index (χ0n) is 33.7. The third-order valence-corrected chi connectivity index (χ3v) is 14.0. The van der Waals surface area contributed by atoms with Gasteiger partial charge in [-0.05, 0) is 112 Å². The third-order valence-electron chi connectivity index (χ3n) is 14.0. The number of likely N-dealkylation sites (tertiary alicyclic amines) is 2. The molecular formula is C43H61N7O5. The first-order valence-corrected chi connectivity index (χ1v) is 20.7. The lowest BCUT2D eigenvalue weighted by Gasteiger charge is -2.53. The lowest BCUT2D eigenvalue weighted by molar-refractivity contribution is -0.134. The number of carbonyl (C=O) groups excluding carboxylic acids is 3. The molecule has 3 N–H and O–H groups in total. The summed E-state index contributed by atoms with van der Waals surface area (Å²) in [4.78, 5) is 55.8. The highest BCUT2D eigenvalue weighted by Crippen LogP contribution is 2.58. The topological polar surface area (TPSA) is 141 Å². The van der Waals surface area contributed by atoms with Gasteiger partial charge in [0, 0.05) is 54.3 Å². The Morgan fingerprint density at radius 3 is 2.18 bits per heavy atom. The van der Waals surface area contributed by atoms with Crippen molar-refractivity contribution in [2.45, 2.75) is 146 Å². The summed E-state index contributed by atoms with van der Waals surface area (Å²) in [6.45, 7) is 9.86. The molecular weight excluding hydrogens is 695 g/mol.